The fourth-order valence-corrected chi connectivity index (χ4v) is 1.93. The highest BCUT2D eigenvalue weighted by Crippen LogP contribution is 2.27. The lowest BCUT2D eigenvalue weighted by Crippen LogP contribution is -2.36. The molecule has 2 rings (SSSR count). The van der Waals surface area contributed by atoms with Crippen LogP contribution < -0.4 is 14.8 Å². The summed E-state index contributed by atoms with van der Waals surface area (Å²) in [6, 6.07) is 5.52. The SMILES string of the molecule is COc1ccc(/C=C/C(=O)O[C@H](C)C(=O)NC2CC2)cc1OC. The number of benzene rings is 1. The monoisotopic (exact) mass is 319 g/mol. The standard InChI is InChI=1S/C17H21NO5/c1-11(17(20)18-13-6-7-13)23-16(19)9-5-12-4-8-14(21-2)15(10-12)22-3/h4-5,8-11,13H,6-7H2,1-3H3,(H,18,20)/b9-5+/t11-/m1/s1. The number of methoxy groups -OCH3 is 2. The summed E-state index contributed by atoms with van der Waals surface area (Å²) >= 11 is 0. The molecule has 23 heavy (non-hydrogen) atoms. The van der Waals surface area contributed by atoms with Gasteiger partial charge < -0.3 is 19.5 Å². The smallest absolute Gasteiger partial charge is 0.331 e. The summed E-state index contributed by atoms with van der Waals surface area (Å²) in [6.45, 7) is 1.56. The van der Waals surface area contributed by atoms with Gasteiger partial charge >= 0.3 is 5.97 Å². The number of nitrogens with one attached hydrogen (secondary N) is 1. The van der Waals surface area contributed by atoms with Crippen molar-refractivity contribution in [1.82, 2.24) is 5.32 Å². The molecule has 6 nitrogen and oxygen atoms in total. The highest BCUT2D eigenvalue weighted by Gasteiger charge is 2.26. The maximum absolute atomic E-state index is 11.8. The van der Waals surface area contributed by atoms with Gasteiger partial charge in [-0.05, 0) is 43.5 Å². The molecule has 0 radical (unpaired) electrons. The van der Waals surface area contributed by atoms with E-state index >= 15 is 0 Å². The van der Waals surface area contributed by atoms with Crippen LogP contribution in [0.2, 0.25) is 0 Å². The minimum atomic E-state index is -0.807. The van der Waals surface area contributed by atoms with E-state index in [1.807, 2.05) is 0 Å². The minimum absolute atomic E-state index is 0.242. The third-order valence-electron chi connectivity index (χ3n) is 3.41. The molecule has 0 heterocycles. The van der Waals surface area contributed by atoms with Gasteiger partial charge in [-0.15, -0.1) is 0 Å². The number of ether oxygens (including phenoxy) is 3. The Labute approximate surface area is 135 Å². The quantitative estimate of drug-likeness (QED) is 0.614. The molecule has 0 saturated heterocycles. The number of hydrogen-bond acceptors (Lipinski definition) is 5. The molecule has 0 bridgehead atoms. The molecule has 1 aromatic carbocycles. The first kappa shape index (κ1) is 16.9. The molecule has 0 unspecified atom stereocenters. The van der Waals surface area contributed by atoms with Crippen molar-refractivity contribution in [3.63, 3.8) is 0 Å². The average Bonchev–Trinajstić information content (AvgIpc) is 3.36. The molecule has 1 aliphatic carbocycles. The van der Waals surface area contributed by atoms with Crippen molar-refractivity contribution in [1.29, 1.82) is 0 Å². The minimum Gasteiger partial charge on any atom is -0.493 e. The highest BCUT2D eigenvalue weighted by molar-refractivity contribution is 5.90. The summed E-state index contributed by atoms with van der Waals surface area (Å²) < 4.78 is 15.4. The van der Waals surface area contributed by atoms with Gasteiger partial charge in [0.2, 0.25) is 0 Å². The fourth-order valence-electron chi connectivity index (χ4n) is 1.93. The lowest BCUT2D eigenvalue weighted by Gasteiger charge is -2.11. The third kappa shape index (κ3) is 5.02. The van der Waals surface area contributed by atoms with Gasteiger partial charge in [-0.3, -0.25) is 4.79 Å². The largest absolute Gasteiger partial charge is 0.493 e. The summed E-state index contributed by atoms with van der Waals surface area (Å²) in [7, 11) is 3.10. The lowest BCUT2D eigenvalue weighted by atomic mass is 10.2. The van der Waals surface area contributed by atoms with Crippen LogP contribution >= 0.6 is 0 Å². The van der Waals surface area contributed by atoms with Crippen LogP contribution in [-0.4, -0.2) is 38.2 Å². The summed E-state index contributed by atoms with van der Waals surface area (Å²) in [4.78, 5) is 23.5. The van der Waals surface area contributed by atoms with Gasteiger partial charge in [0.1, 0.15) is 0 Å². The first-order valence-corrected chi connectivity index (χ1v) is 7.44. The fraction of sp³-hybridized carbons (Fsp3) is 0.412. The van der Waals surface area contributed by atoms with Gasteiger partial charge in [0.05, 0.1) is 14.2 Å². The molecule has 0 aliphatic heterocycles. The second-order valence-corrected chi connectivity index (χ2v) is 5.31. The molecule has 1 amide bonds. The van der Waals surface area contributed by atoms with Crippen LogP contribution in [0.1, 0.15) is 25.3 Å². The third-order valence-corrected chi connectivity index (χ3v) is 3.41. The summed E-state index contributed by atoms with van der Waals surface area (Å²) in [5, 5.41) is 2.79. The van der Waals surface area contributed by atoms with Gasteiger partial charge in [-0.25, -0.2) is 4.79 Å². The topological polar surface area (TPSA) is 73.9 Å². The number of amides is 1. The second-order valence-electron chi connectivity index (χ2n) is 5.31. The van der Waals surface area contributed by atoms with Crippen molar-refractivity contribution >= 4 is 18.0 Å². The molecule has 0 aromatic heterocycles. The van der Waals surface area contributed by atoms with Crippen LogP contribution in [0.3, 0.4) is 0 Å². The number of carbonyl (C=O) groups is 2. The Bertz CT molecular complexity index is 607. The normalized spacial score (nSPS) is 15.1. The van der Waals surface area contributed by atoms with E-state index in [9.17, 15) is 9.59 Å². The first-order chi connectivity index (χ1) is 11.0. The van der Waals surface area contributed by atoms with Gasteiger partial charge in [0.25, 0.3) is 5.91 Å². The molecule has 6 heteroatoms. The van der Waals surface area contributed by atoms with Crippen molar-refractivity contribution in [2.45, 2.75) is 31.9 Å². The van der Waals surface area contributed by atoms with Crippen molar-refractivity contribution in [3.8, 4) is 11.5 Å². The van der Waals surface area contributed by atoms with E-state index in [2.05, 4.69) is 5.32 Å². The predicted molar refractivity (Wildman–Crippen MR) is 85.3 cm³/mol. The molecule has 124 valence electrons. The predicted octanol–water partition coefficient (Wildman–Crippen LogP) is 1.93. The van der Waals surface area contributed by atoms with Gasteiger partial charge in [-0.2, -0.15) is 0 Å². The molecule has 1 atom stereocenters. The molecule has 1 fully saturated rings. The second kappa shape index (κ2) is 7.67. The zero-order chi connectivity index (χ0) is 16.8. The van der Waals surface area contributed by atoms with Crippen molar-refractivity contribution in [2.24, 2.45) is 0 Å². The highest BCUT2D eigenvalue weighted by atomic mass is 16.5. The van der Waals surface area contributed by atoms with Crippen LogP contribution in [0.4, 0.5) is 0 Å². The van der Waals surface area contributed by atoms with Crippen LogP contribution in [-0.2, 0) is 14.3 Å². The maximum Gasteiger partial charge on any atom is 0.331 e. The van der Waals surface area contributed by atoms with Crippen LogP contribution in [0.15, 0.2) is 24.3 Å². The zero-order valence-electron chi connectivity index (χ0n) is 13.5. The number of hydrogen-bond donors (Lipinski definition) is 1. The summed E-state index contributed by atoms with van der Waals surface area (Å²) in [5.74, 6) is 0.344. The average molecular weight is 319 g/mol. The van der Waals surface area contributed by atoms with E-state index in [1.54, 1.807) is 45.4 Å². The zero-order valence-corrected chi connectivity index (χ0v) is 13.5. The van der Waals surface area contributed by atoms with E-state index in [-0.39, 0.29) is 11.9 Å². The van der Waals surface area contributed by atoms with Crippen LogP contribution in [0.5, 0.6) is 11.5 Å². The Balaban J connectivity index is 1.90. The lowest BCUT2D eigenvalue weighted by molar-refractivity contribution is -0.150. The Morgan fingerprint density at radius 1 is 1.22 bits per heavy atom. The van der Waals surface area contributed by atoms with E-state index in [0.717, 1.165) is 18.4 Å². The Kier molecular flexibility index (Phi) is 5.62. The van der Waals surface area contributed by atoms with Gasteiger partial charge in [-0.1, -0.05) is 6.07 Å². The molecular formula is C17H21NO5. The van der Waals surface area contributed by atoms with Gasteiger partial charge in [0, 0.05) is 12.1 Å². The molecule has 0 spiro atoms. The van der Waals surface area contributed by atoms with Crippen LogP contribution in [0, 0.1) is 0 Å². The summed E-state index contributed by atoms with van der Waals surface area (Å²) in [5.41, 5.74) is 0.759. The number of esters is 1. The van der Waals surface area contributed by atoms with Crippen LogP contribution in [0.25, 0.3) is 6.08 Å². The number of rotatable bonds is 7. The molecule has 1 aromatic rings. The maximum atomic E-state index is 11.8. The Morgan fingerprint density at radius 2 is 1.91 bits per heavy atom. The van der Waals surface area contributed by atoms with Gasteiger partial charge in [0.15, 0.2) is 17.6 Å². The number of carbonyl (C=O) groups excluding carboxylic acids is 2. The Morgan fingerprint density at radius 3 is 2.52 bits per heavy atom. The van der Waals surface area contributed by atoms with E-state index in [4.69, 9.17) is 14.2 Å². The molecule has 1 aliphatic rings. The molecular weight excluding hydrogens is 298 g/mol. The first-order valence-electron chi connectivity index (χ1n) is 7.44. The van der Waals surface area contributed by atoms with E-state index in [0.29, 0.717) is 11.5 Å². The van der Waals surface area contributed by atoms with Crippen molar-refractivity contribution < 1.29 is 23.8 Å². The van der Waals surface area contributed by atoms with E-state index in [1.165, 1.54) is 6.08 Å². The van der Waals surface area contributed by atoms with E-state index < -0.39 is 12.1 Å². The molecule has 1 saturated carbocycles. The Hall–Kier alpha value is -2.50. The summed E-state index contributed by atoms with van der Waals surface area (Å²) in [6.07, 6.45) is 4.05. The van der Waals surface area contributed by atoms with Crippen molar-refractivity contribution in [2.75, 3.05) is 14.2 Å². The molecule has 1 N–H and O–H groups in total. The van der Waals surface area contributed by atoms with Crippen molar-refractivity contribution in [3.05, 3.63) is 29.8 Å².